The molecule has 1 unspecified atom stereocenters. The number of aromatic nitrogens is 2. The highest BCUT2D eigenvalue weighted by atomic mass is 32.2. The van der Waals surface area contributed by atoms with Crippen LogP contribution in [0.3, 0.4) is 0 Å². The molecule has 1 aromatic heterocycles. The van der Waals surface area contributed by atoms with Crippen LogP contribution in [0.5, 0.6) is 0 Å². The predicted octanol–water partition coefficient (Wildman–Crippen LogP) is 1.03. The Labute approximate surface area is 106 Å². The lowest BCUT2D eigenvalue weighted by Crippen LogP contribution is -2.33. The quantitative estimate of drug-likeness (QED) is 0.854. The van der Waals surface area contributed by atoms with E-state index in [-0.39, 0.29) is 12.1 Å². The average Bonchev–Trinajstić information content (AvgIpc) is 2.83. The Bertz CT molecular complexity index is 511. The lowest BCUT2D eigenvalue weighted by molar-refractivity contribution is 0.439. The molecule has 7 nitrogen and oxygen atoms in total. The molecule has 1 aromatic rings. The van der Waals surface area contributed by atoms with Crippen molar-refractivity contribution in [2.75, 3.05) is 11.3 Å². The van der Waals surface area contributed by atoms with Crippen molar-refractivity contribution in [3.05, 3.63) is 5.89 Å². The number of sulfonamides is 1. The van der Waals surface area contributed by atoms with Crippen molar-refractivity contribution in [2.24, 2.45) is 0 Å². The normalized spacial score (nSPS) is 21.2. The second-order valence-corrected chi connectivity index (χ2v) is 7.75. The summed E-state index contributed by atoms with van der Waals surface area (Å²) in [5.74, 6) is 0.430. The van der Waals surface area contributed by atoms with Crippen LogP contribution in [-0.2, 0) is 10.0 Å². The Morgan fingerprint density at radius 2 is 2.11 bits per heavy atom. The minimum atomic E-state index is -3.53. The van der Waals surface area contributed by atoms with Crippen LogP contribution in [0, 0.1) is 0 Å². The second kappa shape index (κ2) is 4.51. The molecule has 0 saturated carbocycles. The van der Waals surface area contributed by atoms with Gasteiger partial charge in [-0.1, -0.05) is 5.10 Å². The van der Waals surface area contributed by atoms with Crippen molar-refractivity contribution in [1.29, 1.82) is 0 Å². The van der Waals surface area contributed by atoms with Gasteiger partial charge in [-0.15, -0.1) is 5.10 Å². The van der Waals surface area contributed by atoms with Crippen molar-refractivity contribution in [2.45, 2.75) is 44.4 Å². The largest absolute Gasteiger partial charge is 0.406 e. The van der Waals surface area contributed by atoms with Gasteiger partial charge in [-0.2, -0.15) is 0 Å². The molecule has 2 N–H and O–H groups in total. The molecule has 1 saturated heterocycles. The van der Waals surface area contributed by atoms with E-state index < -0.39 is 14.8 Å². The molecule has 102 valence electrons. The van der Waals surface area contributed by atoms with Crippen LogP contribution in [0.15, 0.2) is 4.42 Å². The molecule has 2 rings (SSSR count). The van der Waals surface area contributed by atoms with Crippen molar-refractivity contribution >= 4 is 16.0 Å². The zero-order valence-electron chi connectivity index (χ0n) is 10.7. The molecule has 1 fully saturated rings. The topological polar surface area (TPSA) is 97.1 Å². The molecular formula is C10H18N4O3S. The SMILES string of the molecule is CC(C)(C)S(=O)(=O)Nc1nnc(C2CCCN2)o1. The molecule has 0 radical (unpaired) electrons. The van der Waals surface area contributed by atoms with E-state index in [1.54, 1.807) is 20.8 Å². The maximum atomic E-state index is 11.9. The zero-order valence-corrected chi connectivity index (χ0v) is 11.5. The number of anilines is 1. The van der Waals surface area contributed by atoms with E-state index in [0.717, 1.165) is 19.4 Å². The summed E-state index contributed by atoms with van der Waals surface area (Å²) in [7, 11) is -3.53. The Hall–Kier alpha value is -1.15. The molecule has 0 amide bonds. The molecule has 1 aliphatic heterocycles. The summed E-state index contributed by atoms with van der Waals surface area (Å²) >= 11 is 0. The number of rotatable bonds is 3. The fourth-order valence-electron chi connectivity index (χ4n) is 1.58. The number of hydrogen-bond acceptors (Lipinski definition) is 6. The van der Waals surface area contributed by atoms with Crippen LogP contribution in [0.25, 0.3) is 0 Å². The van der Waals surface area contributed by atoms with Gasteiger partial charge < -0.3 is 9.73 Å². The maximum Gasteiger partial charge on any atom is 0.329 e. The first kappa shape index (κ1) is 13.3. The molecule has 0 bridgehead atoms. The molecule has 2 heterocycles. The van der Waals surface area contributed by atoms with Gasteiger partial charge in [0.2, 0.25) is 15.9 Å². The van der Waals surface area contributed by atoms with E-state index in [1.165, 1.54) is 0 Å². The van der Waals surface area contributed by atoms with E-state index in [1.807, 2.05) is 0 Å². The number of hydrogen-bond donors (Lipinski definition) is 2. The van der Waals surface area contributed by atoms with Crippen LogP contribution >= 0.6 is 0 Å². The Balaban J connectivity index is 2.12. The fraction of sp³-hybridized carbons (Fsp3) is 0.800. The summed E-state index contributed by atoms with van der Waals surface area (Å²) in [6, 6.07) is -0.0426. The van der Waals surface area contributed by atoms with Gasteiger partial charge in [0.15, 0.2) is 0 Å². The van der Waals surface area contributed by atoms with Crippen LogP contribution in [0.1, 0.15) is 45.5 Å². The number of nitrogens with one attached hydrogen (secondary N) is 2. The van der Waals surface area contributed by atoms with Gasteiger partial charge in [-0.3, -0.25) is 0 Å². The first-order valence-electron chi connectivity index (χ1n) is 5.89. The highest BCUT2D eigenvalue weighted by Crippen LogP contribution is 2.24. The van der Waals surface area contributed by atoms with Crippen molar-refractivity contribution < 1.29 is 12.8 Å². The van der Waals surface area contributed by atoms with Gasteiger partial charge in [0.05, 0.1) is 10.8 Å². The summed E-state index contributed by atoms with van der Waals surface area (Å²) in [4.78, 5) is 0. The van der Waals surface area contributed by atoms with Crippen molar-refractivity contribution in [3.8, 4) is 0 Å². The lowest BCUT2D eigenvalue weighted by atomic mass is 10.2. The molecule has 0 aliphatic carbocycles. The Kier molecular flexibility index (Phi) is 3.33. The summed E-state index contributed by atoms with van der Waals surface area (Å²) < 4.78 is 30.5. The van der Waals surface area contributed by atoms with Crippen LogP contribution in [0.2, 0.25) is 0 Å². The molecular weight excluding hydrogens is 256 g/mol. The average molecular weight is 274 g/mol. The Morgan fingerprint density at radius 1 is 1.39 bits per heavy atom. The lowest BCUT2D eigenvalue weighted by Gasteiger charge is -2.18. The molecule has 8 heteroatoms. The minimum absolute atomic E-state index is 0.0328. The molecule has 18 heavy (non-hydrogen) atoms. The van der Waals surface area contributed by atoms with Crippen LogP contribution in [-0.4, -0.2) is 29.9 Å². The van der Waals surface area contributed by atoms with Crippen molar-refractivity contribution in [3.63, 3.8) is 0 Å². The first-order chi connectivity index (χ1) is 8.29. The number of nitrogens with zero attached hydrogens (tertiary/aromatic N) is 2. The smallest absolute Gasteiger partial charge is 0.329 e. The third-order valence-electron chi connectivity index (χ3n) is 2.83. The van der Waals surface area contributed by atoms with Gasteiger partial charge in [-0.25, -0.2) is 13.1 Å². The van der Waals surface area contributed by atoms with Gasteiger partial charge in [-0.05, 0) is 40.2 Å². The monoisotopic (exact) mass is 274 g/mol. The van der Waals surface area contributed by atoms with Gasteiger partial charge in [0, 0.05) is 0 Å². The molecule has 0 aromatic carbocycles. The maximum absolute atomic E-state index is 11.9. The summed E-state index contributed by atoms with van der Waals surface area (Å²) in [5, 5.41) is 10.8. The first-order valence-corrected chi connectivity index (χ1v) is 7.37. The third kappa shape index (κ3) is 2.64. The van der Waals surface area contributed by atoms with Gasteiger partial charge >= 0.3 is 6.01 Å². The zero-order chi connectivity index (χ0) is 13.4. The third-order valence-corrected chi connectivity index (χ3v) is 4.88. The summed E-state index contributed by atoms with van der Waals surface area (Å²) in [6.07, 6.45) is 1.98. The fourth-order valence-corrected chi connectivity index (χ4v) is 2.20. The van der Waals surface area contributed by atoms with Crippen LogP contribution < -0.4 is 10.0 Å². The summed E-state index contributed by atoms with van der Waals surface area (Å²) in [6.45, 7) is 5.72. The van der Waals surface area contributed by atoms with Gasteiger partial charge in [0.1, 0.15) is 0 Å². The van der Waals surface area contributed by atoms with E-state index in [2.05, 4.69) is 20.2 Å². The van der Waals surface area contributed by atoms with Crippen LogP contribution in [0.4, 0.5) is 6.01 Å². The van der Waals surface area contributed by atoms with E-state index in [0.29, 0.717) is 5.89 Å². The minimum Gasteiger partial charge on any atom is -0.406 e. The van der Waals surface area contributed by atoms with Crippen molar-refractivity contribution in [1.82, 2.24) is 15.5 Å². The second-order valence-electron chi connectivity index (χ2n) is 5.31. The van der Waals surface area contributed by atoms with E-state index in [9.17, 15) is 8.42 Å². The standard InChI is InChI=1S/C10H18N4O3S/c1-10(2,3)18(15,16)14-9-13-12-8(17-9)7-5-4-6-11-7/h7,11H,4-6H2,1-3H3,(H,13,14). The summed E-state index contributed by atoms with van der Waals surface area (Å²) in [5.41, 5.74) is 0. The molecule has 1 aliphatic rings. The highest BCUT2D eigenvalue weighted by Gasteiger charge is 2.31. The molecule has 1 atom stereocenters. The molecule has 0 spiro atoms. The Morgan fingerprint density at radius 3 is 2.67 bits per heavy atom. The highest BCUT2D eigenvalue weighted by molar-refractivity contribution is 7.94. The van der Waals surface area contributed by atoms with Gasteiger partial charge in [0.25, 0.3) is 0 Å². The van der Waals surface area contributed by atoms with E-state index in [4.69, 9.17) is 4.42 Å². The van der Waals surface area contributed by atoms with E-state index >= 15 is 0 Å². The predicted molar refractivity (Wildman–Crippen MR) is 66.6 cm³/mol.